The number of halogens is 1. The predicted octanol–water partition coefficient (Wildman–Crippen LogP) is 2.19. The average Bonchev–Trinajstić information content (AvgIpc) is 2.12. The van der Waals surface area contributed by atoms with Crippen LogP contribution in [0, 0.1) is 23.2 Å². The minimum atomic E-state index is 0.225. The van der Waals surface area contributed by atoms with Crippen molar-refractivity contribution in [3.8, 4) is 17.9 Å². The molecule has 0 spiro atoms. The van der Waals surface area contributed by atoms with Gasteiger partial charge in [0, 0.05) is 5.56 Å². The van der Waals surface area contributed by atoms with Crippen LogP contribution < -0.4 is 5.73 Å². The summed E-state index contributed by atoms with van der Waals surface area (Å²) < 4.78 is 0. The highest BCUT2D eigenvalue weighted by atomic mass is 35.5. The van der Waals surface area contributed by atoms with E-state index in [9.17, 15) is 0 Å². The van der Waals surface area contributed by atoms with Crippen molar-refractivity contribution in [3.63, 3.8) is 0 Å². The Kier molecular flexibility index (Phi) is 3.20. The topological polar surface area (TPSA) is 49.8 Å². The number of benzene rings is 1. The van der Waals surface area contributed by atoms with Gasteiger partial charge in [-0.2, -0.15) is 5.26 Å². The zero-order valence-corrected chi connectivity index (χ0v) is 7.60. The summed E-state index contributed by atoms with van der Waals surface area (Å²) >= 11 is 5.72. The zero-order chi connectivity index (χ0) is 9.68. The van der Waals surface area contributed by atoms with E-state index < -0.39 is 0 Å². The first-order valence-corrected chi connectivity index (χ1v) is 4.02. The number of nitrogens with two attached hydrogens (primary N) is 1. The van der Waals surface area contributed by atoms with Crippen molar-refractivity contribution >= 4 is 17.3 Å². The van der Waals surface area contributed by atoms with Gasteiger partial charge in [-0.1, -0.05) is 23.4 Å². The van der Waals surface area contributed by atoms with Gasteiger partial charge in [0.1, 0.15) is 0 Å². The largest absolute Gasteiger partial charge is 0.397 e. The normalized spacial score (nSPS) is 8.31. The van der Waals surface area contributed by atoms with Gasteiger partial charge in [-0.25, -0.2) is 0 Å². The van der Waals surface area contributed by atoms with Gasteiger partial charge < -0.3 is 5.73 Å². The molecule has 0 heterocycles. The van der Waals surface area contributed by atoms with Gasteiger partial charge in [-0.15, -0.1) is 0 Å². The van der Waals surface area contributed by atoms with Crippen molar-refractivity contribution in [2.45, 2.75) is 6.42 Å². The second-order valence-corrected chi connectivity index (χ2v) is 2.78. The summed E-state index contributed by atoms with van der Waals surface area (Å²) in [6.07, 6.45) is 0.225. The number of hydrogen-bond donors (Lipinski definition) is 1. The van der Waals surface area contributed by atoms with Gasteiger partial charge in [0.05, 0.1) is 23.2 Å². The molecule has 0 radical (unpaired) electrons. The third kappa shape index (κ3) is 2.71. The molecule has 0 bridgehead atoms. The molecular weight excluding hydrogens is 184 g/mol. The summed E-state index contributed by atoms with van der Waals surface area (Å²) in [6.45, 7) is 0. The van der Waals surface area contributed by atoms with Crippen LogP contribution in [0.25, 0.3) is 0 Å². The molecule has 0 aliphatic carbocycles. The van der Waals surface area contributed by atoms with Gasteiger partial charge in [0.15, 0.2) is 0 Å². The molecule has 1 aromatic rings. The van der Waals surface area contributed by atoms with Crippen LogP contribution >= 0.6 is 11.6 Å². The van der Waals surface area contributed by atoms with Crippen LogP contribution in [0.2, 0.25) is 5.02 Å². The van der Waals surface area contributed by atoms with Crippen LogP contribution in [0.15, 0.2) is 18.2 Å². The molecule has 0 atom stereocenters. The summed E-state index contributed by atoms with van der Waals surface area (Å²) in [6, 6.07) is 7.07. The van der Waals surface area contributed by atoms with E-state index >= 15 is 0 Å². The molecule has 1 rings (SSSR count). The second-order valence-electron chi connectivity index (χ2n) is 2.37. The highest BCUT2D eigenvalue weighted by molar-refractivity contribution is 6.33. The Bertz CT molecular complexity index is 407. The van der Waals surface area contributed by atoms with E-state index in [-0.39, 0.29) is 6.42 Å². The van der Waals surface area contributed by atoms with Gasteiger partial charge >= 0.3 is 0 Å². The number of rotatable bonds is 0. The van der Waals surface area contributed by atoms with E-state index in [2.05, 4.69) is 11.8 Å². The average molecular weight is 191 g/mol. The first-order valence-electron chi connectivity index (χ1n) is 3.65. The fourth-order valence-electron chi connectivity index (χ4n) is 0.807. The lowest BCUT2D eigenvalue weighted by atomic mass is 10.2. The first kappa shape index (κ1) is 9.45. The van der Waals surface area contributed by atoms with Crippen LogP contribution in [0.4, 0.5) is 5.69 Å². The molecule has 13 heavy (non-hydrogen) atoms. The third-order valence-corrected chi connectivity index (χ3v) is 1.74. The molecule has 0 saturated carbocycles. The molecule has 0 amide bonds. The molecule has 3 heteroatoms. The predicted molar refractivity (Wildman–Crippen MR) is 53.0 cm³/mol. The fraction of sp³-hybridized carbons (Fsp3) is 0.100. The lowest BCUT2D eigenvalue weighted by Crippen LogP contribution is -1.86. The van der Waals surface area contributed by atoms with Crippen LogP contribution in [-0.4, -0.2) is 0 Å². The van der Waals surface area contributed by atoms with Crippen molar-refractivity contribution in [1.29, 1.82) is 5.26 Å². The molecular formula is C10H7ClN2. The van der Waals surface area contributed by atoms with E-state index in [1.54, 1.807) is 18.2 Å². The summed E-state index contributed by atoms with van der Waals surface area (Å²) in [5.41, 5.74) is 6.84. The molecule has 2 nitrogen and oxygen atoms in total. The van der Waals surface area contributed by atoms with Gasteiger partial charge in [0.2, 0.25) is 0 Å². The minimum absolute atomic E-state index is 0.225. The highest BCUT2D eigenvalue weighted by Gasteiger charge is 1.94. The third-order valence-electron chi connectivity index (χ3n) is 1.40. The van der Waals surface area contributed by atoms with Crippen LogP contribution in [0.3, 0.4) is 0 Å². The molecule has 0 fully saturated rings. The second kappa shape index (κ2) is 4.40. The quantitative estimate of drug-likeness (QED) is 0.504. The zero-order valence-electron chi connectivity index (χ0n) is 6.84. The summed E-state index contributed by atoms with van der Waals surface area (Å²) in [5.74, 6) is 5.49. The van der Waals surface area contributed by atoms with Crippen LogP contribution in [0.5, 0.6) is 0 Å². The number of hydrogen-bond acceptors (Lipinski definition) is 2. The number of nitrogens with zero attached hydrogens (tertiary/aromatic N) is 1. The smallest absolute Gasteiger partial charge is 0.0966 e. The molecule has 0 aromatic heterocycles. The summed E-state index contributed by atoms with van der Waals surface area (Å²) in [5, 5.41) is 8.76. The Morgan fingerprint density at radius 2 is 2.23 bits per heavy atom. The molecule has 0 aliphatic rings. The molecule has 64 valence electrons. The number of anilines is 1. The van der Waals surface area contributed by atoms with Crippen molar-refractivity contribution in [2.24, 2.45) is 0 Å². The lowest BCUT2D eigenvalue weighted by Gasteiger charge is -1.96. The number of nitrogen functional groups attached to an aromatic ring is 1. The van der Waals surface area contributed by atoms with Gasteiger partial charge in [-0.05, 0) is 18.2 Å². The van der Waals surface area contributed by atoms with Crippen LogP contribution in [0.1, 0.15) is 12.0 Å². The van der Waals surface area contributed by atoms with Crippen molar-refractivity contribution < 1.29 is 0 Å². The molecule has 2 N–H and O–H groups in total. The summed E-state index contributed by atoms with van der Waals surface area (Å²) in [4.78, 5) is 0. The Labute approximate surface area is 81.9 Å². The maximum absolute atomic E-state index is 8.24. The first-order chi connectivity index (χ1) is 6.24. The maximum Gasteiger partial charge on any atom is 0.0966 e. The van der Waals surface area contributed by atoms with E-state index in [0.29, 0.717) is 10.7 Å². The molecule has 1 aromatic carbocycles. The molecule has 0 unspecified atom stereocenters. The molecule has 0 aliphatic heterocycles. The van der Waals surface area contributed by atoms with E-state index in [4.69, 9.17) is 22.6 Å². The minimum Gasteiger partial charge on any atom is -0.397 e. The van der Waals surface area contributed by atoms with E-state index in [1.807, 2.05) is 6.07 Å². The van der Waals surface area contributed by atoms with Crippen LogP contribution in [-0.2, 0) is 0 Å². The van der Waals surface area contributed by atoms with E-state index in [1.165, 1.54) is 0 Å². The summed E-state index contributed by atoms with van der Waals surface area (Å²) in [7, 11) is 0. The van der Waals surface area contributed by atoms with Gasteiger partial charge in [-0.3, -0.25) is 0 Å². The van der Waals surface area contributed by atoms with Crippen molar-refractivity contribution in [1.82, 2.24) is 0 Å². The Morgan fingerprint density at radius 3 is 2.85 bits per heavy atom. The highest BCUT2D eigenvalue weighted by Crippen LogP contribution is 2.18. The monoisotopic (exact) mass is 190 g/mol. The van der Waals surface area contributed by atoms with Crippen molar-refractivity contribution in [2.75, 3.05) is 5.73 Å². The Hall–Kier alpha value is -1.64. The lowest BCUT2D eigenvalue weighted by molar-refractivity contribution is 1.39. The van der Waals surface area contributed by atoms with Crippen molar-refractivity contribution in [3.05, 3.63) is 28.8 Å². The number of nitriles is 1. The Balaban J connectivity index is 2.89. The van der Waals surface area contributed by atoms with E-state index in [0.717, 1.165) is 5.56 Å². The maximum atomic E-state index is 8.24. The SMILES string of the molecule is N#CCC#Cc1ccc(Cl)c(N)c1. The molecule has 0 saturated heterocycles. The van der Waals surface area contributed by atoms with Gasteiger partial charge in [0.25, 0.3) is 0 Å². The standard InChI is InChI=1S/C10H7ClN2/c11-9-5-4-8(7-10(9)13)3-1-2-6-12/h4-5,7H,2,13H2. The Morgan fingerprint density at radius 1 is 1.46 bits per heavy atom. The fourth-order valence-corrected chi connectivity index (χ4v) is 0.925.